The van der Waals surface area contributed by atoms with Crippen LogP contribution < -0.4 is 0 Å². The highest BCUT2D eigenvalue weighted by Crippen LogP contribution is 2.14. The Kier molecular flexibility index (Phi) is 3.04. The Labute approximate surface area is 72.4 Å². The Morgan fingerprint density at radius 1 is 1.64 bits per heavy atom. The van der Waals surface area contributed by atoms with Gasteiger partial charge in [-0.05, 0) is 0 Å². The zero-order valence-corrected chi connectivity index (χ0v) is 7.32. The van der Waals surface area contributed by atoms with Crippen molar-refractivity contribution < 1.29 is 10.2 Å². The molecule has 3 N–H and O–H groups in total. The molecule has 0 aliphatic carbocycles. The minimum absolute atomic E-state index is 0.340. The van der Waals surface area contributed by atoms with Crippen LogP contribution in [0.1, 0.15) is 11.8 Å². The van der Waals surface area contributed by atoms with Crippen LogP contribution in [0.15, 0.2) is 12.5 Å². The number of hydrogen-bond donors (Lipinski definition) is 3. The van der Waals surface area contributed by atoms with Crippen molar-refractivity contribution in [3.63, 3.8) is 0 Å². The molecule has 0 spiro atoms. The lowest BCUT2D eigenvalue weighted by Crippen LogP contribution is -2.19. The average Bonchev–Trinajstić information content (AvgIpc) is 2.53. The third-order valence-corrected chi connectivity index (χ3v) is 2.02. The maximum absolute atomic E-state index is 9.33. The van der Waals surface area contributed by atoms with E-state index in [1.54, 1.807) is 0 Å². The van der Waals surface area contributed by atoms with Crippen LogP contribution in [0.4, 0.5) is 0 Å². The summed E-state index contributed by atoms with van der Waals surface area (Å²) >= 11 is 3.06. The normalized spacial score (nSPS) is 16.3. The van der Waals surface area contributed by atoms with E-state index in [-0.39, 0.29) is 0 Å². The highest BCUT2D eigenvalue weighted by molar-refractivity contribution is 9.09. The van der Waals surface area contributed by atoms with E-state index >= 15 is 0 Å². The first-order chi connectivity index (χ1) is 5.25. The smallest absolute Gasteiger partial charge is 0.122 e. The van der Waals surface area contributed by atoms with Gasteiger partial charge in [0.15, 0.2) is 0 Å². The fourth-order valence-corrected chi connectivity index (χ4v) is 1.07. The van der Waals surface area contributed by atoms with Crippen molar-refractivity contribution in [2.45, 2.75) is 12.2 Å². The number of alkyl halides is 1. The first-order valence-electron chi connectivity index (χ1n) is 3.16. The molecular formula is C6H9BrN2O2. The number of aromatic amines is 1. The summed E-state index contributed by atoms with van der Waals surface area (Å²) in [5, 5.41) is 18.8. The number of rotatable bonds is 3. The molecule has 4 nitrogen and oxygen atoms in total. The zero-order chi connectivity index (χ0) is 8.27. The Morgan fingerprint density at radius 2 is 2.36 bits per heavy atom. The maximum atomic E-state index is 9.33. The number of nitrogens with zero attached hydrogens (tertiary/aromatic N) is 1. The van der Waals surface area contributed by atoms with Gasteiger partial charge in [-0.2, -0.15) is 0 Å². The molecule has 1 aromatic heterocycles. The second-order valence-electron chi connectivity index (χ2n) is 2.17. The fourth-order valence-electron chi connectivity index (χ4n) is 0.720. The van der Waals surface area contributed by atoms with Gasteiger partial charge in [0.05, 0.1) is 24.3 Å². The molecule has 2 unspecified atom stereocenters. The summed E-state index contributed by atoms with van der Waals surface area (Å²) in [6, 6.07) is 0. The second-order valence-corrected chi connectivity index (χ2v) is 2.82. The Balaban J connectivity index is 2.62. The van der Waals surface area contributed by atoms with E-state index in [4.69, 9.17) is 5.11 Å². The van der Waals surface area contributed by atoms with E-state index in [0.717, 1.165) is 0 Å². The highest BCUT2D eigenvalue weighted by atomic mass is 79.9. The zero-order valence-electron chi connectivity index (χ0n) is 5.74. The molecule has 0 amide bonds. The molecule has 0 radical (unpaired) electrons. The van der Waals surface area contributed by atoms with Crippen molar-refractivity contribution in [2.24, 2.45) is 0 Å². The van der Waals surface area contributed by atoms with Crippen LogP contribution in [0.25, 0.3) is 0 Å². The van der Waals surface area contributed by atoms with Crippen LogP contribution >= 0.6 is 15.9 Å². The van der Waals surface area contributed by atoms with Crippen molar-refractivity contribution in [2.75, 3.05) is 5.33 Å². The minimum atomic E-state index is -0.892. The molecule has 1 aromatic rings. The molecule has 1 rings (SSSR count). The Bertz CT molecular complexity index is 202. The third kappa shape index (κ3) is 2.02. The third-order valence-electron chi connectivity index (χ3n) is 1.36. The van der Waals surface area contributed by atoms with E-state index < -0.39 is 12.2 Å². The lowest BCUT2D eigenvalue weighted by atomic mass is 10.2. The number of halogens is 1. The van der Waals surface area contributed by atoms with Gasteiger partial charge in [-0.1, -0.05) is 15.9 Å². The number of imidazole rings is 1. The molecule has 0 fully saturated rings. The fraction of sp³-hybridized carbons (Fsp3) is 0.500. The van der Waals surface area contributed by atoms with Crippen molar-refractivity contribution in [3.8, 4) is 0 Å². The van der Waals surface area contributed by atoms with Crippen molar-refractivity contribution in [1.82, 2.24) is 9.97 Å². The van der Waals surface area contributed by atoms with E-state index in [1.165, 1.54) is 12.5 Å². The van der Waals surface area contributed by atoms with Gasteiger partial charge in [-0.3, -0.25) is 0 Å². The van der Waals surface area contributed by atoms with Crippen molar-refractivity contribution in [1.29, 1.82) is 0 Å². The van der Waals surface area contributed by atoms with Gasteiger partial charge in [0.25, 0.3) is 0 Å². The number of aromatic nitrogens is 2. The number of nitrogens with one attached hydrogen (secondary N) is 1. The summed E-state index contributed by atoms with van der Waals surface area (Å²) in [6.45, 7) is 0. The molecule has 1 heterocycles. The molecule has 2 atom stereocenters. The molecule has 62 valence electrons. The maximum Gasteiger partial charge on any atom is 0.122 e. The first-order valence-corrected chi connectivity index (χ1v) is 4.28. The Hall–Kier alpha value is -0.390. The summed E-state index contributed by atoms with van der Waals surface area (Å²) in [6.07, 6.45) is 1.25. The van der Waals surface area contributed by atoms with E-state index in [0.29, 0.717) is 11.0 Å². The number of aliphatic hydroxyl groups is 2. The quantitative estimate of drug-likeness (QED) is 0.638. The van der Waals surface area contributed by atoms with Crippen LogP contribution in [0, 0.1) is 0 Å². The predicted molar refractivity (Wildman–Crippen MR) is 43.3 cm³/mol. The van der Waals surface area contributed by atoms with Crippen molar-refractivity contribution in [3.05, 3.63) is 18.2 Å². The molecule has 0 aliphatic rings. The summed E-state index contributed by atoms with van der Waals surface area (Å²) in [5.41, 5.74) is 0.525. The average molecular weight is 221 g/mol. The monoisotopic (exact) mass is 220 g/mol. The topological polar surface area (TPSA) is 69.1 Å². The Morgan fingerprint density at radius 3 is 2.82 bits per heavy atom. The minimum Gasteiger partial charge on any atom is -0.389 e. The van der Waals surface area contributed by atoms with Crippen LogP contribution in [0.3, 0.4) is 0 Å². The molecule has 0 saturated carbocycles. The van der Waals surface area contributed by atoms with Gasteiger partial charge < -0.3 is 15.2 Å². The lowest BCUT2D eigenvalue weighted by molar-refractivity contribution is 0.0318. The lowest BCUT2D eigenvalue weighted by Gasteiger charge is -2.12. The first kappa shape index (κ1) is 8.70. The summed E-state index contributed by atoms with van der Waals surface area (Å²) in [4.78, 5) is 6.43. The number of hydrogen-bond acceptors (Lipinski definition) is 3. The molecule has 5 heteroatoms. The van der Waals surface area contributed by atoms with E-state index in [2.05, 4.69) is 25.9 Å². The van der Waals surface area contributed by atoms with Crippen LogP contribution in [0.5, 0.6) is 0 Å². The SMILES string of the molecule is OC(CBr)C(O)c1cnc[nH]1. The van der Waals surface area contributed by atoms with E-state index in [1.807, 2.05) is 0 Å². The molecular weight excluding hydrogens is 212 g/mol. The standard InChI is InChI=1S/C6H9BrN2O2/c7-1-5(10)6(11)4-2-8-3-9-4/h2-3,5-6,10-11H,1H2,(H,8,9). The van der Waals surface area contributed by atoms with Gasteiger partial charge in [0.1, 0.15) is 6.10 Å². The molecule has 0 aliphatic heterocycles. The van der Waals surface area contributed by atoms with Gasteiger partial charge in [-0.15, -0.1) is 0 Å². The van der Waals surface area contributed by atoms with Crippen LogP contribution in [-0.2, 0) is 0 Å². The molecule has 11 heavy (non-hydrogen) atoms. The number of aliphatic hydroxyl groups excluding tert-OH is 2. The molecule has 0 aromatic carbocycles. The summed E-state index contributed by atoms with van der Waals surface area (Å²) in [5.74, 6) is 0. The molecule has 0 saturated heterocycles. The van der Waals surface area contributed by atoms with Gasteiger partial charge in [0, 0.05) is 5.33 Å². The molecule has 0 bridgehead atoms. The van der Waals surface area contributed by atoms with Crippen molar-refractivity contribution >= 4 is 15.9 Å². The van der Waals surface area contributed by atoms with Gasteiger partial charge >= 0.3 is 0 Å². The second kappa shape index (κ2) is 3.85. The summed E-state index contributed by atoms with van der Waals surface area (Å²) in [7, 11) is 0. The van der Waals surface area contributed by atoms with E-state index in [9.17, 15) is 5.11 Å². The summed E-state index contributed by atoms with van der Waals surface area (Å²) < 4.78 is 0. The highest BCUT2D eigenvalue weighted by Gasteiger charge is 2.17. The van der Waals surface area contributed by atoms with Gasteiger partial charge in [0.2, 0.25) is 0 Å². The van der Waals surface area contributed by atoms with Gasteiger partial charge in [-0.25, -0.2) is 4.98 Å². The van der Waals surface area contributed by atoms with Crippen LogP contribution in [0.2, 0.25) is 0 Å². The number of H-pyrrole nitrogens is 1. The predicted octanol–water partition coefficient (Wildman–Crippen LogP) is 0.199. The largest absolute Gasteiger partial charge is 0.389 e. The van der Waals surface area contributed by atoms with Crippen LogP contribution in [-0.4, -0.2) is 31.6 Å².